The molecule has 45 heavy (non-hydrogen) atoms. The maximum absolute atomic E-state index is 2.45. The van der Waals surface area contributed by atoms with Gasteiger partial charge in [-0.25, -0.2) is 0 Å². The van der Waals surface area contributed by atoms with Gasteiger partial charge in [-0.1, -0.05) is 176 Å². The average molecular weight is 631 g/mol. The molecule has 0 aliphatic heterocycles. The van der Waals surface area contributed by atoms with E-state index in [1.54, 1.807) is 0 Å². The van der Waals surface area contributed by atoms with E-state index in [4.69, 9.17) is 0 Å². The lowest BCUT2D eigenvalue weighted by molar-refractivity contribution is 0.331. The molecule has 0 radical (unpaired) electrons. The van der Waals surface area contributed by atoms with Gasteiger partial charge in [-0.3, -0.25) is 0 Å². The highest BCUT2D eigenvalue weighted by atomic mass is 14.2. The number of hydrogen-bond acceptors (Lipinski definition) is 0. The molecule has 0 saturated heterocycles. The van der Waals surface area contributed by atoms with Gasteiger partial charge in [-0.05, 0) is 114 Å². The molecule has 2 unspecified atom stereocenters. The van der Waals surface area contributed by atoms with Crippen molar-refractivity contribution in [2.75, 3.05) is 0 Å². The number of rotatable bonds is 18. The summed E-state index contributed by atoms with van der Waals surface area (Å²) < 4.78 is 0. The summed E-state index contributed by atoms with van der Waals surface area (Å²) in [5.41, 5.74) is 5.88. The van der Waals surface area contributed by atoms with Crippen molar-refractivity contribution in [1.82, 2.24) is 0 Å². The second-order valence-corrected chi connectivity index (χ2v) is 19.3. The molecule has 0 N–H and O–H groups in total. The minimum atomic E-state index is 0.469. The summed E-state index contributed by atoms with van der Waals surface area (Å²) in [6.45, 7) is 41.3. The summed E-state index contributed by atoms with van der Waals surface area (Å²) >= 11 is 0. The molecular formula is C45H90. The minimum absolute atomic E-state index is 0.469. The molecule has 0 aliphatic carbocycles. The second-order valence-electron chi connectivity index (χ2n) is 19.3. The zero-order valence-electron chi connectivity index (χ0n) is 35.1. The highest BCUT2D eigenvalue weighted by molar-refractivity contribution is 5.02. The van der Waals surface area contributed by atoms with Crippen molar-refractivity contribution in [1.29, 1.82) is 0 Å². The van der Waals surface area contributed by atoms with E-state index in [9.17, 15) is 0 Å². The molecule has 0 amide bonds. The molecule has 0 aromatic heterocycles. The van der Waals surface area contributed by atoms with Crippen LogP contribution in [0.2, 0.25) is 0 Å². The van der Waals surface area contributed by atoms with Gasteiger partial charge in [0.1, 0.15) is 0 Å². The van der Waals surface area contributed by atoms with Crippen LogP contribution >= 0.6 is 0 Å². The standard InChI is InChI=1S/C20H42.C15H28.C10H20/c1-17(2)11-8-12-18(3)13-9-14-19(4)15-10-16-20(5,6)7;1-13(2)9-7-10-14(3)11-8-12-15(4,5)6;1-9(2)7-6-8-10(3,4)5/h17-19H,8-16H2,1-7H3;9,11H,7-8,10,12H2,1-6H3;7H,6,8H2,1-5H3/b;14-11+;. The molecule has 0 aliphatic rings. The molecule has 0 rings (SSSR count). The molecule has 0 aromatic carbocycles. The number of allylic oxidation sites excluding steroid dienone is 6. The smallest absolute Gasteiger partial charge is 0.0288 e. The van der Waals surface area contributed by atoms with Gasteiger partial charge < -0.3 is 0 Å². The van der Waals surface area contributed by atoms with Gasteiger partial charge in [0.25, 0.3) is 0 Å². The van der Waals surface area contributed by atoms with Crippen molar-refractivity contribution >= 4 is 0 Å². The van der Waals surface area contributed by atoms with Crippen molar-refractivity contribution in [2.45, 2.75) is 221 Å². The summed E-state index contributed by atoms with van der Waals surface area (Å²) in [5, 5.41) is 0. The van der Waals surface area contributed by atoms with Crippen LogP contribution in [-0.2, 0) is 0 Å². The van der Waals surface area contributed by atoms with Crippen LogP contribution in [0, 0.1) is 34.0 Å². The lowest BCUT2D eigenvalue weighted by atomic mass is 9.87. The topological polar surface area (TPSA) is 0 Å². The Morgan fingerprint density at radius 2 is 0.800 bits per heavy atom. The minimum Gasteiger partial charge on any atom is -0.0859 e. The highest BCUT2D eigenvalue weighted by Gasteiger charge is 2.12. The van der Waals surface area contributed by atoms with Gasteiger partial charge in [0.15, 0.2) is 0 Å². The molecule has 0 saturated carbocycles. The van der Waals surface area contributed by atoms with Gasteiger partial charge in [-0.15, -0.1) is 0 Å². The fourth-order valence-corrected chi connectivity index (χ4v) is 5.19. The third-order valence-corrected chi connectivity index (χ3v) is 8.42. The van der Waals surface area contributed by atoms with E-state index >= 15 is 0 Å². The van der Waals surface area contributed by atoms with Crippen LogP contribution in [0.4, 0.5) is 0 Å². The van der Waals surface area contributed by atoms with E-state index in [-0.39, 0.29) is 0 Å². The van der Waals surface area contributed by atoms with Crippen LogP contribution < -0.4 is 0 Å². The number of hydrogen-bond donors (Lipinski definition) is 0. The molecular weight excluding hydrogens is 540 g/mol. The first-order valence-corrected chi connectivity index (χ1v) is 19.4. The van der Waals surface area contributed by atoms with Crippen LogP contribution in [0.25, 0.3) is 0 Å². The van der Waals surface area contributed by atoms with E-state index in [2.05, 4.69) is 143 Å². The molecule has 0 fully saturated rings. The van der Waals surface area contributed by atoms with Crippen molar-refractivity contribution in [3.63, 3.8) is 0 Å². The summed E-state index contributed by atoms with van der Waals surface area (Å²) in [6.07, 6.45) is 27.3. The van der Waals surface area contributed by atoms with Crippen LogP contribution in [0.15, 0.2) is 34.9 Å². The second kappa shape index (κ2) is 27.2. The summed E-state index contributed by atoms with van der Waals surface area (Å²) in [6, 6.07) is 0. The van der Waals surface area contributed by atoms with Crippen molar-refractivity contribution in [3.05, 3.63) is 34.9 Å². The Balaban J connectivity index is -0.000000623. The van der Waals surface area contributed by atoms with Gasteiger partial charge >= 0.3 is 0 Å². The Labute approximate surface area is 289 Å². The average Bonchev–Trinajstić information content (AvgIpc) is 2.81. The first-order chi connectivity index (χ1) is 20.4. The van der Waals surface area contributed by atoms with Gasteiger partial charge in [0.2, 0.25) is 0 Å². The van der Waals surface area contributed by atoms with Gasteiger partial charge in [0.05, 0.1) is 0 Å². The summed E-state index contributed by atoms with van der Waals surface area (Å²) in [7, 11) is 0. The van der Waals surface area contributed by atoms with E-state index in [1.165, 1.54) is 113 Å². The Morgan fingerprint density at radius 3 is 1.18 bits per heavy atom. The molecule has 270 valence electrons. The van der Waals surface area contributed by atoms with Gasteiger partial charge in [-0.2, -0.15) is 0 Å². The van der Waals surface area contributed by atoms with Crippen molar-refractivity contribution in [2.24, 2.45) is 34.0 Å². The molecule has 0 spiro atoms. The lowest BCUT2D eigenvalue weighted by Gasteiger charge is -2.19. The van der Waals surface area contributed by atoms with E-state index < -0.39 is 0 Å². The third kappa shape index (κ3) is 50.3. The monoisotopic (exact) mass is 631 g/mol. The maximum Gasteiger partial charge on any atom is -0.0288 e. The summed E-state index contributed by atoms with van der Waals surface area (Å²) in [4.78, 5) is 0. The normalized spacial score (nSPS) is 13.7. The first kappa shape index (κ1) is 48.6. The predicted molar refractivity (Wildman–Crippen MR) is 213 cm³/mol. The Morgan fingerprint density at radius 1 is 0.444 bits per heavy atom. The molecule has 0 heterocycles. The Hall–Kier alpha value is -0.780. The molecule has 0 heteroatoms. The van der Waals surface area contributed by atoms with Crippen LogP contribution in [0.1, 0.15) is 221 Å². The predicted octanol–water partition coefficient (Wildman–Crippen LogP) is 16.8. The first-order valence-electron chi connectivity index (χ1n) is 19.4. The molecule has 0 bridgehead atoms. The Kier molecular flexibility index (Phi) is 29.4. The third-order valence-electron chi connectivity index (χ3n) is 8.42. The van der Waals surface area contributed by atoms with Crippen molar-refractivity contribution in [3.8, 4) is 0 Å². The molecule has 0 aromatic rings. The molecule has 0 nitrogen and oxygen atoms in total. The van der Waals surface area contributed by atoms with Crippen LogP contribution in [-0.4, -0.2) is 0 Å². The Bertz CT molecular complexity index is 741. The fraction of sp³-hybridized carbons (Fsp3) is 0.867. The quantitative estimate of drug-likeness (QED) is 0.132. The maximum atomic E-state index is 2.45. The van der Waals surface area contributed by atoms with Crippen LogP contribution in [0.5, 0.6) is 0 Å². The fourth-order valence-electron chi connectivity index (χ4n) is 5.19. The SMILES string of the molecule is CC(C)=CCC/C(C)=C/CCC(C)(C)C.CC(C)=CCCC(C)(C)C.CC(C)CCCC(C)CCCC(C)CCCC(C)(C)C. The van der Waals surface area contributed by atoms with Gasteiger partial charge in [0, 0.05) is 0 Å². The zero-order chi connectivity index (χ0) is 35.7. The largest absolute Gasteiger partial charge is 0.0859 e. The highest BCUT2D eigenvalue weighted by Crippen LogP contribution is 2.26. The summed E-state index contributed by atoms with van der Waals surface area (Å²) in [5.74, 6) is 2.75. The van der Waals surface area contributed by atoms with E-state index in [0.29, 0.717) is 16.2 Å². The molecule has 2 atom stereocenters. The van der Waals surface area contributed by atoms with Crippen molar-refractivity contribution < 1.29 is 0 Å². The van der Waals surface area contributed by atoms with Crippen LogP contribution in [0.3, 0.4) is 0 Å². The van der Waals surface area contributed by atoms with E-state index in [0.717, 1.165) is 17.8 Å². The van der Waals surface area contributed by atoms with E-state index in [1.807, 2.05) is 0 Å². The zero-order valence-corrected chi connectivity index (χ0v) is 35.1. The lowest BCUT2D eigenvalue weighted by Crippen LogP contribution is -2.06.